The van der Waals surface area contributed by atoms with Crippen molar-refractivity contribution in [2.24, 2.45) is 5.84 Å². The first-order valence-corrected chi connectivity index (χ1v) is 7.86. The fourth-order valence-electron chi connectivity index (χ4n) is 2.51. The van der Waals surface area contributed by atoms with Crippen LogP contribution in [-0.2, 0) is 0 Å². The Labute approximate surface area is 121 Å². The summed E-state index contributed by atoms with van der Waals surface area (Å²) < 4.78 is 0. The number of nitrogens with two attached hydrogens (primary N) is 1. The normalized spacial score (nSPS) is 22.3. The molecule has 110 valence electrons. The van der Waals surface area contributed by atoms with Gasteiger partial charge < -0.3 is 10.7 Å². The molecule has 0 radical (unpaired) electrons. The standard InChI is InChI=1S/C12H19N5O2S/c1-20-10-5-3-2-4-8(10)14-12-9(17(18)19)6-7-11(15-12)16-13/h6-8,10H,2-5,13H2,1H3,(H2,14,15,16). The molecule has 4 N–H and O–H groups in total. The third-order valence-electron chi connectivity index (χ3n) is 3.55. The van der Waals surface area contributed by atoms with E-state index in [9.17, 15) is 10.1 Å². The summed E-state index contributed by atoms with van der Waals surface area (Å²) >= 11 is 1.80. The van der Waals surface area contributed by atoms with Crippen LogP contribution in [0.3, 0.4) is 0 Å². The van der Waals surface area contributed by atoms with E-state index >= 15 is 0 Å². The third kappa shape index (κ3) is 3.31. The molecule has 1 aliphatic carbocycles. The van der Waals surface area contributed by atoms with Gasteiger partial charge >= 0.3 is 5.69 Å². The highest BCUT2D eigenvalue weighted by molar-refractivity contribution is 7.99. The Morgan fingerprint density at radius 3 is 2.85 bits per heavy atom. The molecule has 0 spiro atoms. The number of hydrogen-bond donors (Lipinski definition) is 3. The van der Waals surface area contributed by atoms with Crippen molar-refractivity contribution >= 4 is 29.1 Å². The van der Waals surface area contributed by atoms with Crippen molar-refractivity contribution in [1.29, 1.82) is 0 Å². The molecule has 1 saturated carbocycles. The molecule has 0 saturated heterocycles. The van der Waals surface area contributed by atoms with Gasteiger partial charge in [0.2, 0.25) is 5.82 Å². The van der Waals surface area contributed by atoms with Crippen molar-refractivity contribution in [1.82, 2.24) is 4.98 Å². The van der Waals surface area contributed by atoms with Crippen LogP contribution in [0.2, 0.25) is 0 Å². The lowest BCUT2D eigenvalue weighted by atomic mass is 9.95. The van der Waals surface area contributed by atoms with Crippen LogP contribution < -0.4 is 16.6 Å². The molecule has 1 aliphatic rings. The van der Waals surface area contributed by atoms with Crippen LogP contribution >= 0.6 is 11.8 Å². The second kappa shape index (κ2) is 6.76. The van der Waals surface area contributed by atoms with Gasteiger partial charge in [-0.05, 0) is 25.2 Å². The molecule has 7 nitrogen and oxygen atoms in total. The fourth-order valence-corrected chi connectivity index (χ4v) is 3.44. The van der Waals surface area contributed by atoms with E-state index < -0.39 is 4.92 Å². The number of nitro groups is 1. The van der Waals surface area contributed by atoms with Crippen LogP contribution in [0.15, 0.2) is 12.1 Å². The van der Waals surface area contributed by atoms with Crippen LogP contribution in [0.1, 0.15) is 25.7 Å². The van der Waals surface area contributed by atoms with Crippen molar-refractivity contribution in [2.45, 2.75) is 37.0 Å². The first-order chi connectivity index (χ1) is 9.65. The number of nitrogens with one attached hydrogen (secondary N) is 2. The maximum absolute atomic E-state index is 11.1. The van der Waals surface area contributed by atoms with Gasteiger partial charge in [-0.15, -0.1) is 0 Å². The van der Waals surface area contributed by atoms with E-state index in [-0.39, 0.29) is 17.5 Å². The Morgan fingerprint density at radius 2 is 2.20 bits per heavy atom. The smallest absolute Gasteiger partial charge is 0.311 e. The van der Waals surface area contributed by atoms with E-state index in [1.165, 1.54) is 18.6 Å². The van der Waals surface area contributed by atoms with Gasteiger partial charge in [-0.1, -0.05) is 12.8 Å². The van der Waals surface area contributed by atoms with Gasteiger partial charge in [0.05, 0.1) is 4.92 Å². The largest absolute Gasteiger partial charge is 0.360 e. The van der Waals surface area contributed by atoms with Gasteiger partial charge in [0, 0.05) is 17.4 Å². The predicted molar refractivity (Wildman–Crippen MR) is 81.9 cm³/mol. The lowest BCUT2D eigenvalue weighted by molar-refractivity contribution is -0.384. The minimum atomic E-state index is -0.424. The van der Waals surface area contributed by atoms with E-state index in [0.717, 1.165) is 19.3 Å². The van der Waals surface area contributed by atoms with Gasteiger partial charge in [0.25, 0.3) is 0 Å². The molecule has 0 aromatic carbocycles. The lowest BCUT2D eigenvalue weighted by Crippen LogP contribution is -2.34. The number of thioether (sulfide) groups is 1. The molecule has 8 heteroatoms. The zero-order valence-corrected chi connectivity index (χ0v) is 12.2. The lowest BCUT2D eigenvalue weighted by Gasteiger charge is -2.31. The monoisotopic (exact) mass is 297 g/mol. The van der Waals surface area contributed by atoms with Gasteiger partial charge in [0.15, 0.2) is 0 Å². The van der Waals surface area contributed by atoms with Crippen LogP contribution in [0.4, 0.5) is 17.3 Å². The van der Waals surface area contributed by atoms with Crippen LogP contribution in [0.25, 0.3) is 0 Å². The molecular formula is C12H19N5O2S. The van der Waals surface area contributed by atoms with Crippen LogP contribution in [-0.4, -0.2) is 27.5 Å². The Bertz CT molecular complexity index is 485. The minimum Gasteiger partial charge on any atom is -0.360 e. The van der Waals surface area contributed by atoms with Gasteiger partial charge in [-0.25, -0.2) is 10.8 Å². The topological polar surface area (TPSA) is 106 Å². The summed E-state index contributed by atoms with van der Waals surface area (Å²) in [6, 6.07) is 3.12. The second-order valence-electron chi connectivity index (χ2n) is 4.78. The number of pyridine rings is 1. The summed E-state index contributed by atoms with van der Waals surface area (Å²) in [7, 11) is 0. The summed E-state index contributed by atoms with van der Waals surface area (Å²) in [5.41, 5.74) is 2.40. The highest BCUT2D eigenvalue weighted by atomic mass is 32.2. The first-order valence-electron chi connectivity index (χ1n) is 6.57. The van der Waals surface area contributed by atoms with E-state index in [1.54, 1.807) is 11.8 Å². The number of nitrogen functional groups attached to an aromatic ring is 1. The Hall–Kier alpha value is -1.54. The van der Waals surface area contributed by atoms with E-state index in [2.05, 4.69) is 22.0 Å². The van der Waals surface area contributed by atoms with Crippen LogP contribution in [0, 0.1) is 10.1 Å². The highest BCUT2D eigenvalue weighted by Crippen LogP contribution is 2.32. The summed E-state index contributed by atoms with van der Waals surface area (Å²) in [5.74, 6) is 6.02. The molecule has 2 atom stereocenters. The molecule has 0 aliphatic heterocycles. The quantitative estimate of drug-likeness (QED) is 0.435. The van der Waals surface area contributed by atoms with Crippen LogP contribution in [0.5, 0.6) is 0 Å². The number of aromatic nitrogens is 1. The molecule has 1 heterocycles. The van der Waals surface area contributed by atoms with Gasteiger partial charge in [0.1, 0.15) is 5.82 Å². The number of rotatable bonds is 5. The van der Waals surface area contributed by atoms with Crippen molar-refractivity contribution in [2.75, 3.05) is 17.0 Å². The number of hydrazine groups is 1. The van der Waals surface area contributed by atoms with E-state index in [0.29, 0.717) is 11.1 Å². The summed E-state index contributed by atoms with van der Waals surface area (Å²) in [4.78, 5) is 14.8. The first kappa shape index (κ1) is 14.9. The zero-order chi connectivity index (χ0) is 14.5. The molecule has 20 heavy (non-hydrogen) atoms. The molecule has 0 bridgehead atoms. The molecule has 2 rings (SSSR count). The fraction of sp³-hybridized carbons (Fsp3) is 0.583. The average molecular weight is 297 g/mol. The molecule has 1 aromatic heterocycles. The van der Waals surface area contributed by atoms with Crippen molar-refractivity contribution in [3.05, 3.63) is 22.2 Å². The highest BCUT2D eigenvalue weighted by Gasteiger charge is 2.27. The molecule has 2 unspecified atom stereocenters. The average Bonchev–Trinajstić information content (AvgIpc) is 2.47. The predicted octanol–water partition coefficient (Wildman–Crippen LogP) is 2.36. The number of nitrogens with zero attached hydrogens (tertiary/aromatic N) is 2. The SMILES string of the molecule is CSC1CCCCC1Nc1nc(NN)ccc1[N+](=O)[O-]. The van der Waals surface area contributed by atoms with Gasteiger partial charge in [-0.2, -0.15) is 11.8 Å². The summed E-state index contributed by atoms with van der Waals surface area (Å²) in [5, 5.41) is 14.8. The maximum Gasteiger partial charge on any atom is 0.311 e. The van der Waals surface area contributed by atoms with Crippen molar-refractivity contribution in [3.63, 3.8) is 0 Å². The summed E-state index contributed by atoms with van der Waals surface area (Å²) in [6.45, 7) is 0. The Balaban J connectivity index is 2.23. The molecule has 0 amide bonds. The third-order valence-corrected chi connectivity index (χ3v) is 4.72. The minimum absolute atomic E-state index is 0.0190. The van der Waals surface area contributed by atoms with Gasteiger partial charge in [-0.3, -0.25) is 10.1 Å². The second-order valence-corrected chi connectivity index (χ2v) is 5.85. The molecule has 1 aromatic rings. The number of hydrogen-bond acceptors (Lipinski definition) is 7. The van der Waals surface area contributed by atoms with E-state index in [1.807, 2.05) is 0 Å². The summed E-state index contributed by atoms with van der Waals surface area (Å²) in [6.07, 6.45) is 6.55. The maximum atomic E-state index is 11.1. The Kier molecular flexibility index (Phi) is 5.02. The van der Waals surface area contributed by atoms with E-state index in [4.69, 9.17) is 5.84 Å². The van der Waals surface area contributed by atoms with Crippen molar-refractivity contribution in [3.8, 4) is 0 Å². The number of anilines is 2. The Morgan fingerprint density at radius 1 is 1.45 bits per heavy atom. The zero-order valence-electron chi connectivity index (χ0n) is 11.3. The van der Waals surface area contributed by atoms with Crippen molar-refractivity contribution < 1.29 is 4.92 Å². The molecular weight excluding hydrogens is 278 g/mol. The molecule has 1 fully saturated rings.